The first kappa shape index (κ1) is 29.6. The Kier molecular flexibility index (Phi) is 9.10. The Bertz CT molecular complexity index is 1660. The van der Waals surface area contributed by atoms with Gasteiger partial charge in [-0.2, -0.15) is 4.99 Å². The Labute approximate surface area is 241 Å². The molecule has 1 atom stereocenters. The number of aliphatic imine (C=N–C) groups is 1. The van der Waals surface area contributed by atoms with Crippen molar-refractivity contribution in [1.29, 1.82) is 0 Å². The van der Waals surface area contributed by atoms with Crippen LogP contribution in [0.15, 0.2) is 65.8 Å². The van der Waals surface area contributed by atoms with Crippen molar-refractivity contribution in [3.8, 4) is 0 Å². The second kappa shape index (κ2) is 12.9. The van der Waals surface area contributed by atoms with E-state index < -0.39 is 17.9 Å². The Morgan fingerprint density at radius 1 is 1.12 bits per heavy atom. The number of anilines is 2. The highest BCUT2D eigenvalue weighted by Crippen LogP contribution is 2.26. The number of hydrogen-bond acceptors (Lipinski definition) is 8. The van der Waals surface area contributed by atoms with E-state index in [0.29, 0.717) is 28.4 Å². The highest BCUT2D eigenvalue weighted by atomic mass is 19.1. The van der Waals surface area contributed by atoms with E-state index in [-0.39, 0.29) is 36.3 Å². The number of amidine groups is 1. The smallest absolute Gasteiger partial charge is 0.435 e. The summed E-state index contributed by atoms with van der Waals surface area (Å²) in [5.41, 5.74) is 7.99. The molecule has 0 radical (unpaired) electrons. The number of methoxy groups -OCH3 is 2. The van der Waals surface area contributed by atoms with E-state index in [1.807, 2.05) is 18.5 Å². The summed E-state index contributed by atoms with van der Waals surface area (Å²) >= 11 is 0. The molecule has 2 amide bonds. The minimum absolute atomic E-state index is 0.00324. The zero-order chi connectivity index (χ0) is 30.4. The molecule has 0 aliphatic heterocycles. The molecule has 0 fully saturated rings. The largest absolute Gasteiger partial charge is 0.469 e. The van der Waals surface area contributed by atoms with Gasteiger partial charge in [-0.25, -0.2) is 19.2 Å². The monoisotopic (exact) mass is 575 g/mol. The number of aryl methyl sites for hydroxylation is 1. The van der Waals surface area contributed by atoms with Gasteiger partial charge >= 0.3 is 12.1 Å². The second-order valence-corrected chi connectivity index (χ2v) is 9.23. The van der Waals surface area contributed by atoms with E-state index in [0.717, 1.165) is 12.6 Å². The Balaban J connectivity index is 1.60. The SMILES string of the molecule is COC(=O)CCN(C(=O)c1ccc2c(c1)nc(C(C)Nc1ccc(F)c(/C(N)=N/C(=O)OC)c1)n2C)c1ccccn1. The summed E-state index contributed by atoms with van der Waals surface area (Å²) in [5.74, 6) is -0.706. The maximum atomic E-state index is 14.4. The van der Waals surface area contributed by atoms with Crippen molar-refractivity contribution >= 4 is 46.3 Å². The molecule has 0 aliphatic rings. The molecule has 42 heavy (non-hydrogen) atoms. The first-order chi connectivity index (χ1) is 20.1. The molecule has 0 saturated carbocycles. The normalized spacial score (nSPS) is 12.1. The van der Waals surface area contributed by atoms with Crippen molar-refractivity contribution in [3.05, 3.63) is 83.6 Å². The molecule has 4 rings (SSSR count). The van der Waals surface area contributed by atoms with Crippen molar-refractivity contribution in [3.63, 3.8) is 0 Å². The average Bonchev–Trinajstić information content (AvgIpc) is 3.33. The molecule has 1 unspecified atom stereocenters. The Morgan fingerprint density at radius 3 is 2.60 bits per heavy atom. The van der Waals surface area contributed by atoms with E-state index in [2.05, 4.69) is 20.0 Å². The first-order valence-corrected chi connectivity index (χ1v) is 12.9. The lowest BCUT2D eigenvalue weighted by atomic mass is 10.1. The van der Waals surface area contributed by atoms with Crippen LogP contribution in [-0.2, 0) is 21.3 Å². The Hall–Kier alpha value is -5.33. The third kappa shape index (κ3) is 6.52. The lowest BCUT2D eigenvalue weighted by Gasteiger charge is -2.21. The number of aromatic nitrogens is 3. The summed E-state index contributed by atoms with van der Waals surface area (Å²) in [6, 6.07) is 14.2. The van der Waals surface area contributed by atoms with Crippen LogP contribution in [-0.4, -0.2) is 59.1 Å². The van der Waals surface area contributed by atoms with Crippen molar-refractivity contribution in [1.82, 2.24) is 14.5 Å². The molecule has 2 aromatic heterocycles. The number of benzene rings is 2. The quantitative estimate of drug-likeness (QED) is 0.171. The van der Waals surface area contributed by atoms with Crippen molar-refractivity contribution < 1.29 is 28.2 Å². The number of nitrogens with two attached hydrogens (primary N) is 1. The number of carbonyl (C=O) groups excluding carboxylic acids is 3. The molecule has 0 spiro atoms. The van der Waals surface area contributed by atoms with Gasteiger partial charge in [0.2, 0.25) is 0 Å². The second-order valence-electron chi connectivity index (χ2n) is 9.23. The lowest BCUT2D eigenvalue weighted by molar-refractivity contribution is -0.140. The summed E-state index contributed by atoms with van der Waals surface area (Å²) in [7, 11) is 4.28. The lowest BCUT2D eigenvalue weighted by Crippen LogP contribution is -2.33. The summed E-state index contributed by atoms with van der Waals surface area (Å²) in [5, 5.41) is 3.26. The third-order valence-corrected chi connectivity index (χ3v) is 6.50. The molecular formula is C29H30FN7O5. The highest BCUT2D eigenvalue weighted by Gasteiger charge is 2.22. The molecule has 2 aromatic carbocycles. The van der Waals surface area contributed by atoms with Crippen LogP contribution < -0.4 is 16.0 Å². The summed E-state index contributed by atoms with van der Waals surface area (Å²) in [4.78, 5) is 50.8. The molecule has 0 bridgehead atoms. The Morgan fingerprint density at radius 2 is 1.90 bits per heavy atom. The van der Waals surface area contributed by atoms with Crippen LogP contribution in [0, 0.1) is 5.82 Å². The van der Waals surface area contributed by atoms with Gasteiger partial charge in [0.25, 0.3) is 5.91 Å². The molecule has 13 heteroatoms. The molecule has 4 aromatic rings. The predicted molar refractivity (Wildman–Crippen MR) is 155 cm³/mol. The summed E-state index contributed by atoms with van der Waals surface area (Å²) in [6.07, 6.45) is 0.632. The maximum Gasteiger partial charge on any atom is 0.435 e. The van der Waals surface area contributed by atoms with Gasteiger partial charge in [-0.3, -0.25) is 14.5 Å². The average molecular weight is 576 g/mol. The number of amides is 2. The first-order valence-electron chi connectivity index (χ1n) is 12.9. The zero-order valence-electron chi connectivity index (χ0n) is 23.5. The van der Waals surface area contributed by atoms with Gasteiger partial charge < -0.3 is 25.1 Å². The molecule has 2 heterocycles. The van der Waals surface area contributed by atoms with Gasteiger partial charge in [0.05, 0.1) is 43.3 Å². The zero-order valence-corrected chi connectivity index (χ0v) is 23.5. The van der Waals surface area contributed by atoms with Gasteiger partial charge in [0, 0.05) is 31.0 Å². The fraction of sp³-hybridized carbons (Fsp3) is 0.241. The third-order valence-electron chi connectivity index (χ3n) is 6.50. The van der Waals surface area contributed by atoms with E-state index >= 15 is 0 Å². The number of rotatable bonds is 9. The van der Waals surface area contributed by atoms with Crippen LogP contribution in [0.5, 0.6) is 0 Å². The molecule has 12 nitrogen and oxygen atoms in total. The maximum absolute atomic E-state index is 14.4. The topological polar surface area (TPSA) is 154 Å². The number of nitrogens with one attached hydrogen (secondary N) is 1. The number of hydrogen-bond donors (Lipinski definition) is 2. The predicted octanol–water partition coefficient (Wildman–Crippen LogP) is 3.96. The summed E-state index contributed by atoms with van der Waals surface area (Å²) in [6.45, 7) is 1.96. The number of halogens is 1. The number of ether oxygens (including phenoxy) is 2. The standard InChI is InChI=1S/C29H30FN7O5/c1-17(33-19-9-10-21(30)20(16-19)26(31)35-29(40)42-4)27-34-22-15-18(8-11-23(22)36(27)2)28(39)37(14-12-25(38)41-3)24-7-5-6-13-32-24/h5-11,13,15-17,33H,12,14H2,1-4H3,(H2,31,35,40). The van der Waals surface area contributed by atoms with Crippen LogP contribution in [0.25, 0.3) is 11.0 Å². The minimum Gasteiger partial charge on any atom is -0.469 e. The molecule has 0 saturated heterocycles. The minimum atomic E-state index is -0.942. The van der Waals surface area contributed by atoms with Crippen LogP contribution >= 0.6 is 0 Å². The summed E-state index contributed by atoms with van der Waals surface area (Å²) < 4.78 is 25.5. The van der Waals surface area contributed by atoms with Crippen LogP contribution in [0.2, 0.25) is 0 Å². The van der Waals surface area contributed by atoms with Gasteiger partial charge in [-0.1, -0.05) is 6.07 Å². The number of nitrogens with zero attached hydrogens (tertiary/aromatic N) is 5. The number of fused-ring (bicyclic) bond motifs is 1. The molecule has 218 valence electrons. The molecular weight excluding hydrogens is 545 g/mol. The van der Waals surface area contributed by atoms with E-state index in [9.17, 15) is 18.8 Å². The highest BCUT2D eigenvalue weighted by molar-refractivity contribution is 6.07. The fourth-order valence-corrected chi connectivity index (χ4v) is 4.36. The molecule has 3 N–H and O–H groups in total. The number of imidazole rings is 1. The van der Waals surface area contributed by atoms with E-state index in [4.69, 9.17) is 15.5 Å². The number of pyridine rings is 1. The van der Waals surface area contributed by atoms with E-state index in [1.165, 1.54) is 30.2 Å². The fourth-order valence-electron chi connectivity index (χ4n) is 4.36. The number of esters is 1. The molecule has 0 aliphatic carbocycles. The van der Waals surface area contributed by atoms with Crippen molar-refractivity contribution in [2.75, 3.05) is 31.0 Å². The van der Waals surface area contributed by atoms with Gasteiger partial charge in [0.1, 0.15) is 23.3 Å². The van der Waals surface area contributed by atoms with E-state index in [1.54, 1.807) is 42.6 Å². The number of carbonyl (C=O) groups is 3. The van der Waals surface area contributed by atoms with Crippen LogP contribution in [0.1, 0.15) is 41.1 Å². The van der Waals surface area contributed by atoms with Gasteiger partial charge in [-0.15, -0.1) is 0 Å². The van der Waals surface area contributed by atoms with Gasteiger partial charge in [-0.05, 0) is 55.5 Å². The van der Waals surface area contributed by atoms with Crippen molar-refractivity contribution in [2.24, 2.45) is 17.8 Å². The van der Waals surface area contributed by atoms with Crippen LogP contribution in [0.4, 0.5) is 20.7 Å². The van der Waals surface area contributed by atoms with Crippen molar-refractivity contribution in [2.45, 2.75) is 19.4 Å². The van der Waals surface area contributed by atoms with Gasteiger partial charge in [0.15, 0.2) is 0 Å². The van der Waals surface area contributed by atoms with Crippen LogP contribution in [0.3, 0.4) is 0 Å².